The molecule has 3 rings (SSSR count). The Labute approximate surface area is 178 Å². The number of hydrogen-bond donors (Lipinski definition) is 1. The third-order valence-electron chi connectivity index (χ3n) is 4.95. The third kappa shape index (κ3) is 4.94. The van der Waals surface area contributed by atoms with Crippen LogP contribution in [0.5, 0.6) is 0 Å². The number of fused-ring (bicyclic) bond motifs is 1. The molecule has 0 saturated heterocycles. The molecule has 0 aliphatic carbocycles. The number of hydrogen-bond acceptors (Lipinski definition) is 6. The van der Waals surface area contributed by atoms with Gasteiger partial charge in [0.1, 0.15) is 4.83 Å². The predicted molar refractivity (Wildman–Crippen MR) is 117 cm³/mol. The molecule has 0 saturated carbocycles. The van der Waals surface area contributed by atoms with E-state index in [9.17, 15) is 14.4 Å². The highest BCUT2D eigenvalue weighted by atomic mass is 32.1. The molecule has 0 spiro atoms. The third-order valence-corrected chi connectivity index (χ3v) is 6.06. The van der Waals surface area contributed by atoms with E-state index in [-0.39, 0.29) is 43.4 Å². The fourth-order valence-corrected chi connectivity index (χ4v) is 4.23. The maximum absolute atomic E-state index is 12.8. The summed E-state index contributed by atoms with van der Waals surface area (Å²) in [5.74, 6) is -0.626. The summed E-state index contributed by atoms with van der Waals surface area (Å²) >= 11 is 1.49. The second-order valence-corrected chi connectivity index (χ2v) is 8.20. The Hall–Kier alpha value is -3.00. The van der Waals surface area contributed by atoms with E-state index >= 15 is 0 Å². The second kappa shape index (κ2) is 9.67. The lowest BCUT2D eigenvalue weighted by Crippen LogP contribution is -2.32. The minimum absolute atomic E-state index is 0.0461. The fourth-order valence-electron chi connectivity index (χ4n) is 3.24. The lowest BCUT2D eigenvalue weighted by molar-refractivity contribution is -0.143. The zero-order valence-corrected chi connectivity index (χ0v) is 18.1. The summed E-state index contributed by atoms with van der Waals surface area (Å²) in [5.41, 5.74) is 1.62. The predicted octanol–water partition coefficient (Wildman–Crippen LogP) is 3.28. The number of esters is 1. The quantitative estimate of drug-likeness (QED) is 0.557. The molecule has 2 aromatic heterocycles. The van der Waals surface area contributed by atoms with Crippen molar-refractivity contribution in [3.63, 3.8) is 0 Å². The number of aryl methyl sites for hydroxylation is 3. The lowest BCUT2D eigenvalue weighted by Gasteiger charge is -2.18. The van der Waals surface area contributed by atoms with Gasteiger partial charge >= 0.3 is 5.97 Å². The molecule has 8 heteroatoms. The Morgan fingerprint density at radius 2 is 1.97 bits per heavy atom. The van der Waals surface area contributed by atoms with Gasteiger partial charge < -0.3 is 10.1 Å². The molecule has 0 aliphatic rings. The van der Waals surface area contributed by atoms with E-state index in [1.807, 2.05) is 44.2 Å². The van der Waals surface area contributed by atoms with E-state index in [0.717, 1.165) is 16.0 Å². The van der Waals surface area contributed by atoms with Gasteiger partial charge in [-0.1, -0.05) is 30.3 Å². The molecule has 30 heavy (non-hydrogen) atoms. The molecule has 2 heterocycles. The first-order chi connectivity index (χ1) is 14.4. The first-order valence-electron chi connectivity index (χ1n) is 9.85. The normalized spacial score (nSPS) is 12.0. The molecule has 3 aromatic rings. The Balaban J connectivity index is 1.70. The van der Waals surface area contributed by atoms with Crippen LogP contribution < -0.4 is 10.9 Å². The molecule has 1 aromatic carbocycles. The molecule has 1 atom stereocenters. The highest BCUT2D eigenvalue weighted by Crippen LogP contribution is 2.25. The van der Waals surface area contributed by atoms with Crippen LogP contribution >= 0.6 is 11.3 Å². The van der Waals surface area contributed by atoms with Crippen LogP contribution in [0.15, 0.2) is 41.5 Å². The molecule has 0 fully saturated rings. The van der Waals surface area contributed by atoms with Gasteiger partial charge in [-0.3, -0.25) is 19.0 Å². The summed E-state index contributed by atoms with van der Waals surface area (Å²) < 4.78 is 6.49. The largest absolute Gasteiger partial charge is 0.466 e. The van der Waals surface area contributed by atoms with Crippen molar-refractivity contribution in [1.82, 2.24) is 14.9 Å². The monoisotopic (exact) mass is 427 g/mol. The lowest BCUT2D eigenvalue weighted by atomic mass is 10.0. The minimum atomic E-state index is -0.489. The zero-order chi connectivity index (χ0) is 21.7. The van der Waals surface area contributed by atoms with Crippen LogP contribution in [0.4, 0.5) is 0 Å². The van der Waals surface area contributed by atoms with Gasteiger partial charge in [0.05, 0.1) is 30.8 Å². The van der Waals surface area contributed by atoms with E-state index in [1.165, 1.54) is 22.2 Å². The SMILES string of the molecule is CCOC(=O)CC(NC(=O)CCn1cnc2sc(C)c(C)c2c1=O)c1ccccc1. The minimum Gasteiger partial charge on any atom is -0.466 e. The molecule has 1 unspecified atom stereocenters. The zero-order valence-electron chi connectivity index (χ0n) is 17.3. The molecule has 0 aliphatic heterocycles. The number of rotatable bonds is 8. The Kier molecular flexibility index (Phi) is 6.99. The van der Waals surface area contributed by atoms with Crippen molar-refractivity contribution in [1.29, 1.82) is 0 Å². The molecular formula is C22H25N3O4S. The van der Waals surface area contributed by atoms with Crippen LogP contribution in [0, 0.1) is 13.8 Å². The van der Waals surface area contributed by atoms with Crippen molar-refractivity contribution in [3.05, 3.63) is 63.0 Å². The van der Waals surface area contributed by atoms with Gasteiger partial charge in [-0.05, 0) is 31.9 Å². The Bertz CT molecular complexity index is 1100. The van der Waals surface area contributed by atoms with Crippen molar-refractivity contribution in [2.45, 2.75) is 46.2 Å². The first-order valence-corrected chi connectivity index (χ1v) is 10.7. The molecule has 1 N–H and O–H groups in total. The van der Waals surface area contributed by atoms with Crippen LogP contribution in [0.2, 0.25) is 0 Å². The number of carbonyl (C=O) groups excluding carboxylic acids is 2. The van der Waals surface area contributed by atoms with Crippen LogP contribution in [0.3, 0.4) is 0 Å². The van der Waals surface area contributed by atoms with Crippen molar-refractivity contribution >= 4 is 33.4 Å². The topological polar surface area (TPSA) is 90.3 Å². The highest BCUT2D eigenvalue weighted by molar-refractivity contribution is 7.18. The standard InChI is InChI=1S/C22H25N3O4S/c1-4-29-19(27)12-17(16-8-6-5-7-9-16)24-18(26)10-11-25-13-23-21-20(22(25)28)14(2)15(3)30-21/h5-9,13,17H,4,10-12H2,1-3H3,(H,24,26). The van der Waals surface area contributed by atoms with Crippen LogP contribution in [-0.2, 0) is 20.9 Å². The summed E-state index contributed by atoms with van der Waals surface area (Å²) in [6.45, 7) is 6.12. The molecule has 1 amide bonds. The van der Waals surface area contributed by atoms with E-state index in [0.29, 0.717) is 10.2 Å². The van der Waals surface area contributed by atoms with Crippen LogP contribution in [-0.4, -0.2) is 28.0 Å². The van der Waals surface area contributed by atoms with Gasteiger partial charge in [0.15, 0.2) is 0 Å². The van der Waals surface area contributed by atoms with Crippen molar-refractivity contribution in [3.8, 4) is 0 Å². The number of amides is 1. The number of nitrogens with zero attached hydrogens (tertiary/aromatic N) is 2. The average molecular weight is 428 g/mol. The van der Waals surface area contributed by atoms with Crippen LogP contribution in [0.1, 0.15) is 41.8 Å². The molecule has 0 radical (unpaired) electrons. The number of benzene rings is 1. The molecule has 7 nitrogen and oxygen atoms in total. The number of carbonyl (C=O) groups is 2. The number of aromatic nitrogens is 2. The van der Waals surface area contributed by atoms with Gasteiger partial charge in [0.2, 0.25) is 5.91 Å². The van der Waals surface area contributed by atoms with Gasteiger partial charge in [-0.15, -0.1) is 11.3 Å². The Morgan fingerprint density at radius 1 is 1.23 bits per heavy atom. The fraction of sp³-hybridized carbons (Fsp3) is 0.364. The summed E-state index contributed by atoms with van der Waals surface area (Å²) in [6, 6.07) is 8.80. The molecule has 158 valence electrons. The Morgan fingerprint density at radius 3 is 2.67 bits per heavy atom. The number of thiophene rings is 1. The first kappa shape index (κ1) is 21.7. The average Bonchev–Trinajstić information content (AvgIpc) is 3.02. The number of ether oxygens (including phenoxy) is 1. The molecular weight excluding hydrogens is 402 g/mol. The van der Waals surface area contributed by atoms with Gasteiger partial charge in [0.25, 0.3) is 5.56 Å². The van der Waals surface area contributed by atoms with Crippen LogP contribution in [0.25, 0.3) is 10.2 Å². The highest BCUT2D eigenvalue weighted by Gasteiger charge is 2.19. The summed E-state index contributed by atoms with van der Waals surface area (Å²) in [4.78, 5) is 43.5. The van der Waals surface area contributed by atoms with E-state index < -0.39 is 6.04 Å². The summed E-state index contributed by atoms with van der Waals surface area (Å²) in [6.07, 6.45) is 1.63. The van der Waals surface area contributed by atoms with E-state index in [4.69, 9.17) is 4.74 Å². The molecule has 0 bridgehead atoms. The smallest absolute Gasteiger partial charge is 0.308 e. The second-order valence-electron chi connectivity index (χ2n) is 7.00. The maximum Gasteiger partial charge on any atom is 0.308 e. The van der Waals surface area contributed by atoms with E-state index in [1.54, 1.807) is 6.92 Å². The summed E-state index contributed by atoms with van der Waals surface area (Å²) in [5, 5.41) is 3.51. The van der Waals surface area contributed by atoms with Crippen molar-refractivity contribution in [2.75, 3.05) is 6.61 Å². The van der Waals surface area contributed by atoms with Gasteiger partial charge in [-0.25, -0.2) is 4.98 Å². The van der Waals surface area contributed by atoms with E-state index in [2.05, 4.69) is 10.3 Å². The van der Waals surface area contributed by atoms with Gasteiger partial charge in [0, 0.05) is 17.8 Å². The number of nitrogens with one attached hydrogen (secondary N) is 1. The van der Waals surface area contributed by atoms with Crippen molar-refractivity contribution < 1.29 is 14.3 Å². The van der Waals surface area contributed by atoms with Crippen molar-refractivity contribution in [2.24, 2.45) is 0 Å². The summed E-state index contributed by atoms with van der Waals surface area (Å²) in [7, 11) is 0. The van der Waals surface area contributed by atoms with Gasteiger partial charge in [-0.2, -0.15) is 0 Å². The maximum atomic E-state index is 12.8.